The highest BCUT2D eigenvalue weighted by molar-refractivity contribution is 8.76. The van der Waals surface area contributed by atoms with E-state index in [1.807, 2.05) is 30.3 Å². The molecule has 202 valence electrons. The summed E-state index contributed by atoms with van der Waals surface area (Å²) in [7, 11) is 4.40. The standard InChI is InChI=1S/C27H36N2O5S3/c1-4-24(30)34-27(26(32)33-2,22-13-9-6-10-14-22)29-25(31)21(17-20-11-7-5-8-12-20)18-36-37-19-23(28)15-16-35-3/h5-14,21,23H,4,15-19,28H2,1-3H3,(H,29,31). The van der Waals surface area contributed by atoms with Crippen molar-refractivity contribution in [1.82, 2.24) is 5.32 Å². The summed E-state index contributed by atoms with van der Waals surface area (Å²) in [6, 6.07) is 18.2. The number of benzene rings is 2. The first-order valence-electron chi connectivity index (χ1n) is 12.1. The van der Waals surface area contributed by atoms with Crippen LogP contribution in [0.2, 0.25) is 0 Å². The Hall–Kier alpha value is -2.14. The van der Waals surface area contributed by atoms with Gasteiger partial charge in [0.05, 0.1) is 13.0 Å². The highest BCUT2D eigenvalue weighted by Gasteiger charge is 2.48. The van der Waals surface area contributed by atoms with E-state index >= 15 is 0 Å². The van der Waals surface area contributed by atoms with Crippen LogP contribution in [-0.4, -0.2) is 54.5 Å². The van der Waals surface area contributed by atoms with Gasteiger partial charge >= 0.3 is 17.7 Å². The first-order chi connectivity index (χ1) is 17.9. The number of thioether (sulfide) groups is 1. The third-order valence-corrected chi connectivity index (χ3v) is 8.76. The lowest BCUT2D eigenvalue weighted by molar-refractivity contribution is -0.189. The van der Waals surface area contributed by atoms with E-state index in [0.717, 1.165) is 23.5 Å². The molecule has 0 aliphatic heterocycles. The lowest BCUT2D eigenvalue weighted by Crippen LogP contribution is -2.57. The third-order valence-electron chi connectivity index (χ3n) is 5.53. The number of hydrogen-bond acceptors (Lipinski definition) is 9. The summed E-state index contributed by atoms with van der Waals surface area (Å²) < 4.78 is 10.6. The molecule has 0 aromatic heterocycles. The number of nitrogens with two attached hydrogens (primary N) is 1. The Morgan fingerprint density at radius 1 is 1.00 bits per heavy atom. The molecule has 3 unspecified atom stereocenters. The SMILES string of the molecule is CCC(=O)OC(NC(=O)C(CSSCC(N)CCSC)Cc1ccccc1)(C(=O)OC)c1ccccc1. The first kappa shape index (κ1) is 31.1. The molecule has 0 aliphatic carbocycles. The van der Waals surface area contributed by atoms with E-state index in [2.05, 4.69) is 11.6 Å². The van der Waals surface area contributed by atoms with E-state index in [1.165, 1.54) is 7.11 Å². The second kappa shape index (κ2) is 16.7. The fraction of sp³-hybridized carbons (Fsp3) is 0.444. The van der Waals surface area contributed by atoms with Crippen LogP contribution in [0.25, 0.3) is 0 Å². The number of rotatable bonds is 16. The summed E-state index contributed by atoms with van der Waals surface area (Å²) in [5.41, 5.74) is 5.39. The Bertz CT molecular complexity index is 981. The topological polar surface area (TPSA) is 108 Å². The van der Waals surface area contributed by atoms with Gasteiger partial charge in [-0.3, -0.25) is 9.59 Å². The molecular weight excluding hydrogens is 529 g/mol. The zero-order valence-electron chi connectivity index (χ0n) is 21.5. The zero-order valence-corrected chi connectivity index (χ0v) is 24.0. The average molecular weight is 565 g/mol. The number of nitrogens with one attached hydrogen (secondary N) is 1. The van der Waals surface area contributed by atoms with Crippen molar-refractivity contribution in [2.45, 2.75) is 38.0 Å². The van der Waals surface area contributed by atoms with Crippen LogP contribution in [0, 0.1) is 5.92 Å². The molecule has 0 aliphatic rings. The minimum Gasteiger partial charge on any atom is -0.464 e. The molecule has 0 spiro atoms. The van der Waals surface area contributed by atoms with E-state index < -0.39 is 29.5 Å². The molecule has 7 nitrogen and oxygen atoms in total. The second-order valence-electron chi connectivity index (χ2n) is 8.35. The summed E-state index contributed by atoms with van der Waals surface area (Å²) >= 11 is 1.77. The molecule has 0 saturated heterocycles. The number of hydrogen-bond donors (Lipinski definition) is 2. The Balaban J connectivity index is 2.29. The lowest BCUT2D eigenvalue weighted by Gasteiger charge is -2.33. The molecule has 2 aromatic rings. The average Bonchev–Trinajstić information content (AvgIpc) is 2.93. The van der Waals surface area contributed by atoms with Gasteiger partial charge in [-0.15, -0.1) is 0 Å². The third kappa shape index (κ3) is 9.92. The van der Waals surface area contributed by atoms with Gasteiger partial charge < -0.3 is 20.5 Å². The van der Waals surface area contributed by atoms with Crippen LogP contribution in [-0.2, 0) is 36.0 Å². The fourth-order valence-corrected chi connectivity index (χ4v) is 6.55. The van der Waals surface area contributed by atoms with Crippen molar-refractivity contribution in [1.29, 1.82) is 0 Å². The van der Waals surface area contributed by atoms with Crippen molar-refractivity contribution in [2.24, 2.45) is 11.7 Å². The van der Waals surface area contributed by atoms with Crippen LogP contribution < -0.4 is 11.1 Å². The van der Waals surface area contributed by atoms with Gasteiger partial charge in [-0.1, -0.05) is 89.2 Å². The number of amides is 1. The van der Waals surface area contributed by atoms with Crippen LogP contribution in [0.5, 0.6) is 0 Å². The number of ether oxygens (including phenoxy) is 2. The van der Waals surface area contributed by atoms with E-state index in [9.17, 15) is 14.4 Å². The molecule has 0 radical (unpaired) electrons. The minimum atomic E-state index is -2.09. The predicted octanol–water partition coefficient (Wildman–Crippen LogP) is 4.40. The van der Waals surface area contributed by atoms with Gasteiger partial charge in [0.2, 0.25) is 5.91 Å². The maximum Gasteiger partial charge on any atom is 0.377 e. The van der Waals surface area contributed by atoms with E-state index in [4.69, 9.17) is 15.2 Å². The molecule has 0 heterocycles. The van der Waals surface area contributed by atoms with Crippen molar-refractivity contribution in [3.8, 4) is 0 Å². The van der Waals surface area contributed by atoms with Crippen LogP contribution in [0.1, 0.15) is 30.9 Å². The van der Waals surface area contributed by atoms with Crippen molar-refractivity contribution in [3.63, 3.8) is 0 Å². The van der Waals surface area contributed by atoms with Gasteiger partial charge in [0, 0.05) is 29.5 Å². The molecular formula is C27H36N2O5S3. The molecule has 10 heteroatoms. The Morgan fingerprint density at radius 2 is 1.62 bits per heavy atom. The monoisotopic (exact) mass is 564 g/mol. The number of carbonyl (C=O) groups excluding carboxylic acids is 3. The van der Waals surface area contributed by atoms with Crippen molar-refractivity contribution >= 4 is 51.2 Å². The van der Waals surface area contributed by atoms with Gasteiger partial charge in [-0.2, -0.15) is 11.8 Å². The van der Waals surface area contributed by atoms with E-state index in [0.29, 0.717) is 17.7 Å². The first-order valence-corrected chi connectivity index (χ1v) is 15.9. The van der Waals surface area contributed by atoms with Crippen molar-refractivity contribution in [3.05, 3.63) is 71.8 Å². The van der Waals surface area contributed by atoms with Gasteiger partial charge in [0.15, 0.2) is 0 Å². The van der Waals surface area contributed by atoms with Gasteiger partial charge in [0.25, 0.3) is 0 Å². The summed E-state index contributed by atoms with van der Waals surface area (Å²) in [5, 5.41) is 2.75. The van der Waals surface area contributed by atoms with E-state index in [-0.39, 0.29) is 12.5 Å². The zero-order chi connectivity index (χ0) is 27.1. The van der Waals surface area contributed by atoms with Crippen LogP contribution >= 0.6 is 33.3 Å². The Kier molecular flexibility index (Phi) is 14.0. The summed E-state index contributed by atoms with van der Waals surface area (Å²) in [6.07, 6.45) is 3.47. The molecule has 37 heavy (non-hydrogen) atoms. The largest absolute Gasteiger partial charge is 0.464 e. The lowest BCUT2D eigenvalue weighted by atomic mass is 9.97. The summed E-state index contributed by atoms with van der Waals surface area (Å²) in [6.45, 7) is 1.62. The normalized spacial score (nSPS) is 14.2. The van der Waals surface area contributed by atoms with Gasteiger partial charge in [0.1, 0.15) is 0 Å². The molecule has 3 atom stereocenters. The highest BCUT2D eigenvalue weighted by Crippen LogP contribution is 2.30. The van der Waals surface area contributed by atoms with E-state index in [1.54, 1.807) is 70.6 Å². The Labute approximate surface area is 231 Å². The fourth-order valence-electron chi connectivity index (χ4n) is 3.45. The van der Waals surface area contributed by atoms with Crippen molar-refractivity contribution in [2.75, 3.05) is 30.6 Å². The summed E-state index contributed by atoms with van der Waals surface area (Å²) in [5.74, 6) is -0.176. The molecule has 0 fully saturated rings. The maximum atomic E-state index is 13.7. The number of esters is 2. The Morgan fingerprint density at radius 3 is 2.22 bits per heavy atom. The molecule has 0 bridgehead atoms. The van der Waals surface area contributed by atoms with Crippen LogP contribution in [0.3, 0.4) is 0 Å². The quantitative estimate of drug-likeness (QED) is 0.133. The number of methoxy groups -OCH3 is 1. The van der Waals surface area contributed by atoms with Crippen molar-refractivity contribution < 1.29 is 23.9 Å². The maximum absolute atomic E-state index is 13.7. The van der Waals surface area contributed by atoms with Gasteiger partial charge in [-0.25, -0.2) is 4.79 Å². The summed E-state index contributed by atoms with van der Waals surface area (Å²) in [4.78, 5) is 39.2. The van der Waals surface area contributed by atoms with Crippen LogP contribution in [0.15, 0.2) is 60.7 Å². The molecule has 3 N–H and O–H groups in total. The predicted molar refractivity (Wildman–Crippen MR) is 154 cm³/mol. The minimum absolute atomic E-state index is 0.0260. The van der Waals surface area contributed by atoms with Gasteiger partial charge in [-0.05, 0) is 30.4 Å². The van der Waals surface area contributed by atoms with Crippen LogP contribution in [0.4, 0.5) is 0 Å². The molecule has 2 rings (SSSR count). The highest BCUT2D eigenvalue weighted by atomic mass is 33.1. The molecule has 0 saturated carbocycles. The molecule has 2 aromatic carbocycles. The smallest absolute Gasteiger partial charge is 0.377 e. The second-order valence-corrected chi connectivity index (χ2v) is 11.9. The number of carbonyl (C=O) groups is 3. The molecule has 1 amide bonds.